The summed E-state index contributed by atoms with van der Waals surface area (Å²) >= 11 is 0. The van der Waals surface area contributed by atoms with E-state index in [0.717, 1.165) is 18.5 Å². The summed E-state index contributed by atoms with van der Waals surface area (Å²) in [6.45, 7) is 10.2. The molecule has 0 fully saturated rings. The van der Waals surface area contributed by atoms with Gasteiger partial charge in [-0.05, 0) is 25.3 Å². The van der Waals surface area contributed by atoms with E-state index in [4.69, 9.17) is 0 Å². The van der Waals surface area contributed by atoms with Crippen molar-refractivity contribution in [2.45, 2.75) is 59.4 Å². The molecule has 0 aromatic rings. The largest absolute Gasteiger partial charge is 0.314 e. The molecule has 74 valence electrons. The van der Waals surface area contributed by atoms with Gasteiger partial charge in [0.2, 0.25) is 0 Å². The lowest BCUT2D eigenvalue weighted by molar-refractivity contribution is 0.380. The van der Waals surface area contributed by atoms with Crippen molar-refractivity contribution in [3.05, 3.63) is 0 Å². The Kier molecular flexibility index (Phi) is 7.58. The highest BCUT2D eigenvalue weighted by Gasteiger charge is 2.08. The van der Waals surface area contributed by atoms with E-state index < -0.39 is 0 Å². The minimum absolute atomic E-state index is 0.747. The fourth-order valence-electron chi connectivity index (χ4n) is 1.78. The van der Waals surface area contributed by atoms with Gasteiger partial charge < -0.3 is 5.32 Å². The molecule has 0 amide bonds. The lowest BCUT2D eigenvalue weighted by Crippen LogP contribution is -2.29. The summed E-state index contributed by atoms with van der Waals surface area (Å²) in [6.07, 6.45) is 5.31. The molecule has 0 aliphatic heterocycles. The van der Waals surface area contributed by atoms with Gasteiger partial charge in [0.15, 0.2) is 0 Å². The first-order valence-corrected chi connectivity index (χ1v) is 5.47. The summed E-state index contributed by atoms with van der Waals surface area (Å²) in [5.74, 6) is 0.888. The van der Waals surface area contributed by atoms with Crippen LogP contribution in [0.3, 0.4) is 0 Å². The molecule has 0 saturated heterocycles. The highest BCUT2D eigenvalue weighted by atomic mass is 14.9. The van der Waals surface area contributed by atoms with Crippen LogP contribution in [0.1, 0.15) is 53.4 Å². The fourth-order valence-corrected chi connectivity index (χ4v) is 1.78. The summed E-state index contributed by atoms with van der Waals surface area (Å²) in [6, 6.07) is 0.747. The van der Waals surface area contributed by atoms with Crippen molar-refractivity contribution >= 4 is 0 Å². The SMILES string of the molecule is CCCC(C)CC(CC)NCC. The Hall–Kier alpha value is -0.0400. The Bertz CT molecular complexity index is 91.0. The molecule has 1 heteroatoms. The first-order valence-electron chi connectivity index (χ1n) is 5.47. The average molecular weight is 171 g/mol. The topological polar surface area (TPSA) is 12.0 Å². The van der Waals surface area contributed by atoms with Gasteiger partial charge in [-0.15, -0.1) is 0 Å². The van der Waals surface area contributed by atoms with E-state index in [1.807, 2.05) is 0 Å². The van der Waals surface area contributed by atoms with Gasteiger partial charge in [-0.1, -0.05) is 40.5 Å². The van der Waals surface area contributed by atoms with Crippen LogP contribution in [0.25, 0.3) is 0 Å². The van der Waals surface area contributed by atoms with Crippen molar-refractivity contribution in [2.75, 3.05) is 6.54 Å². The predicted octanol–water partition coefficient (Wildman–Crippen LogP) is 3.20. The van der Waals surface area contributed by atoms with Crippen molar-refractivity contribution in [2.24, 2.45) is 5.92 Å². The van der Waals surface area contributed by atoms with Crippen LogP contribution in [-0.2, 0) is 0 Å². The van der Waals surface area contributed by atoms with Crippen LogP contribution < -0.4 is 5.32 Å². The minimum atomic E-state index is 0.747. The van der Waals surface area contributed by atoms with E-state index in [2.05, 4.69) is 33.0 Å². The monoisotopic (exact) mass is 171 g/mol. The van der Waals surface area contributed by atoms with Crippen molar-refractivity contribution < 1.29 is 0 Å². The Balaban J connectivity index is 3.53. The molecule has 1 nitrogen and oxygen atoms in total. The van der Waals surface area contributed by atoms with E-state index in [1.54, 1.807) is 0 Å². The maximum absolute atomic E-state index is 3.52. The van der Waals surface area contributed by atoms with E-state index in [9.17, 15) is 0 Å². The molecule has 12 heavy (non-hydrogen) atoms. The number of nitrogens with one attached hydrogen (secondary N) is 1. The molecule has 0 aliphatic rings. The molecule has 0 saturated carbocycles. The third-order valence-corrected chi connectivity index (χ3v) is 2.45. The maximum Gasteiger partial charge on any atom is 0.00668 e. The average Bonchev–Trinajstić information content (AvgIpc) is 2.04. The molecule has 0 spiro atoms. The summed E-state index contributed by atoms with van der Waals surface area (Å²) < 4.78 is 0. The van der Waals surface area contributed by atoms with Crippen LogP contribution in [-0.4, -0.2) is 12.6 Å². The number of hydrogen-bond donors (Lipinski definition) is 1. The van der Waals surface area contributed by atoms with E-state index >= 15 is 0 Å². The maximum atomic E-state index is 3.52. The van der Waals surface area contributed by atoms with Crippen LogP contribution in [0.15, 0.2) is 0 Å². The number of rotatable bonds is 7. The van der Waals surface area contributed by atoms with Gasteiger partial charge in [0.05, 0.1) is 0 Å². The molecule has 0 radical (unpaired) electrons. The molecule has 0 bridgehead atoms. The third-order valence-electron chi connectivity index (χ3n) is 2.45. The fraction of sp³-hybridized carbons (Fsp3) is 1.00. The van der Waals surface area contributed by atoms with Crippen molar-refractivity contribution in [1.29, 1.82) is 0 Å². The summed E-state index contributed by atoms with van der Waals surface area (Å²) in [5, 5.41) is 3.52. The molecular formula is C11H25N. The van der Waals surface area contributed by atoms with Crippen LogP contribution in [0.2, 0.25) is 0 Å². The van der Waals surface area contributed by atoms with Crippen LogP contribution in [0.5, 0.6) is 0 Å². The van der Waals surface area contributed by atoms with Gasteiger partial charge in [0.1, 0.15) is 0 Å². The Labute approximate surface area is 77.9 Å². The Morgan fingerprint density at radius 3 is 2.25 bits per heavy atom. The second-order valence-corrected chi connectivity index (χ2v) is 3.79. The van der Waals surface area contributed by atoms with Crippen molar-refractivity contribution in [3.8, 4) is 0 Å². The van der Waals surface area contributed by atoms with Crippen molar-refractivity contribution in [1.82, 2.24) is 5.32 Å². The molecule has 0 aromatic carbocycles. The van der Waals surface area contributed by atoms with Gasteiger partial charge >= 0.3 is 0 Å². The predicted molar refractivity (Wildman–Crippen MR) is 56.4 cm³/mol. The quantitative estimate of drug-likeness (QED) is 0.620. The lowest BCUT2D eigenvalue weighted by Gasteiger charge is -2.19. The van der Waals surface area contributed by atoms with E-state index in [0.29, 0.717) is 0 Å². The number of hydrogen-bond acceptors (Lipinski definition) is 1. The molecule has 1 N–H and O–H groups in total. The minimum Gasteiger partial charge on any atom is -0.314 e. The van der Waals surface area contributed by atoms with Crippen LogP contribution in [0.4, 0.5) is 0 Å². The zero-order chi connectivity index (χ0) is 9.40. The highest BCUT2D eigenvalue weighted by Crippen LogP contribution is 2.13. The normalized spacial score (nSPS) is 16.0. The third kappa shape index (κ3) is 5.59. The summed E-state index contributed by atoms with van der Waals surface area (Å²) in [7, 11) is 0. The zero-order valence-electron chi connectivity index (χ0n) is 9.19. The van der Waals surface area contributed by atoms with Gasteiger partial charge in [0, 0.05) is 6.04 Å². The van der Waals surface area contributed by atoms with E-state index in [-0.39, 0.29) is 0 Å². The lowest BCUT2D eigenvalue weighted by atomic mass is 9.96. The first kappa shape index (κ1) is 12.0. The molecule has 0 rings (SSSR count). The summed E-state index contributed by atoms with van der Waals surface area (Å²) in [5.41, 5.74) is 0. The van der Waals surface area contributed by atoms with E-state index in [1.165, 1.54) is 25.7 Å². The van der Waals surface area contributed by atoms with Crippen molar-refractivity contribution in [3.63, 3.8) is 0 Å². The highest BCUT2D eigenvalue weighted by molar-refractivity contribution is 4.67. The molecule has 2 atom stereocenters. The molecule has 0 aromatic heterocycles. The van der Waals surface area contributed by atoms with Gasteiger partial charge in [-0.2, -0.15) is 0 Å². The van der Waals surface area contributed by atoms with Crippen LogP contribution in [0, 0.1) is 5.92 Å². The molecule has 2 unspecified atom stereocenters. The first-order chi connectivity index (χ1) is 5.74. The zero-order valence-corrected chi connectivity index (χ0v) is 9.19. The smallest absolute Gasteiger partial charge is 0.00668 e. The molecule has 0 heterocycles. The van der Waals surface area contributed by atoms with Gasteiger partial charge in [-0.3, -0.25) is 0 Å². The molecular weight excluding hydrogens is 146 g/mol. The van der Waals surface area contributed by atoms with Gasteiger partial charge in [0.25, 0.3) is 0 Å². The Morgan fingerprint density at radius 2 is 1.83 bits per heavy atom. The molecule has 0 aliphatic carbocycles. The second kappa shape index (κ2) is 7.60. The van der Waals surface area contributed by atoms with Crippen LogP contribution >= 0.6 is 0 Å². The standard InChI is InChI=1S/C11H25N/c1-5-8-10(4)9-11(6-2)12-7-3/h10-12H,5-9H2,1-4H3. The second-order valence-electron chi connectivity index (χ2n) is 3.79. The Morgan fingerprint density at radius 1 is 1.17 bits per heavy atom. The van der Waals surface area contributed by atoms with Gasteiger partial charge in [-0.25, -0.2) is 0 Å². The summed E-state index contributed by atoms with van der Waals surface area (Å²) in [4.78, 5) is 0.